The van der Waals surface area contributed by atoms with Crippen LogP contribution in [0, 0.1) is 5.82 Å². The molecule has 0 saturated heterocycles. The number of halogens is 1. The molecule has 0 aliphatic carbocycles. The Morgan fingerprint density at radius 3 is 2.35 bits per heavy atom. The van der Waals surface area contributed by atoms with Crippen molar-refractivity contribution in [2.24, 2.45) is 0 Å². The molecule has 2 nitrogen and oxygen atoms in total. The van der Waals surface area contributed by atoms with Crippen molar-refractivity contribution in [3.63, 3.8) is 0 Å². The van der Waals surface area contributed by atoms with Crippen molar-refractivity contribution >= 4 is 0 Å². The van der Waals surface area contributed by atoms with Gasteiger partial charge in [0, 0.05) is 5.54 Å². The summed E-state index contributed by atoms with van der Waals surface area (Å²) < 4.78 is 18.4. The number of nitrogens with one attached hydrogen (secondary N) is 1. The number of hydrogen-bond acceptors (Lipinski definition) is 2. The summed E-state index contributed by atoms with van der Waals surface area (Å²) in [6, 6.07) is 6.14. The lowest BCUT2D eigenvalue weighted by atomic mass is 10.1. The van der Waals surface area contributed by atoms with Gasteiger partial charge in [0.25, 0.3) is 0 Å². The molecule has 1 aromatic carbocycles. The lowest BCUT2D eigenvalue weighted by Gasteiger charge is -2.22. The van der Waals surface area contributed by atoms with Crippen LogP contribution in [-0.2, 0) is 0 Å². The van der Waals surface area contributed by atoms with E-state index in [1.165, 1.54) is 12.1 Å². The SMILES string of the molecule is CC(CCNC(C)(C)C)Oc1ccc(F)cc1. The summed E-state index contributed by atoms with van der Waals surface area (Å²) in [5, 5.41) is 3.41. The van der Waals surface area contributed by atoms with Crippen molar-refractivity contribution in [2.75, 3.05) is 6.54 Å². The highest BCUT2D eigenvalue weighted by Gasteiger charge is 2.10. The van der Waals surface area contributed by atoms with Crippen LogP contribution in [0.1, 0.15) is 34.1 Å². The molecule has 0 amide bonds. The molecular formula is C14H22FNO. The first-order valence-electron chi connectivity index (χ1n) is 6.04. The molecule has 0 saturated carbocycles. The Morgan fingerprint density at radius 2 is 1.82 bits per heavy atom. The largest absolute Gasteiger partial charge is 0.491 e. The Morgan fingerprint density at radius 1 is 1.24 bits per heavy atom. The zero-order valence-corrected chi connectivity index (χ0v) is 11.1. The molecule has 0 fully saturated rings. The molecule has 0 aliphatic heterocycles. The molecule has 1 N–H and O–H groups in total. The summed E-state index contributed by atoms with van der Waals surface area (Å²) in [4.78, 5) is 0. The summed E-state index contributed by atoms with van der Waals surface area (Å²) >= 11 is 0. The van der Waals surface area contributed by atoms with Gasteiger partial charge in [-0.1, -0.05) is 0 Å². The van der Waals surface area contributed by atoms with Gasteiger partial charge in [-0.05, 0) is 64.9 Å². The van der Waals surface area contributed by atoms with Crippen molar-refractivity contribution in [3.05, 3.63) is 30.1 Å². The first-order valence-corrected chi connectivity index (χ1v) is 6.04. The average Bonchev–Trinajstić information content (AvgIpc) is 2.19. The zero-order chi connectivity index (χ0) is 12.9. The van der Waals surface area contributed by atoms with E-state index in [2.05, 4.69) is 26.1 Å². The Balaban J connectivity index is 2.30. The van der Waals surface area contributed by atoms with E-state index in [0.29, 0.717) is 0 Å². The minimum Gasteiger partial charge on any atom is -0.491 e. The maximum Gasteiger partial charge on any atom is 0.123 e. The average molecular weight is 239 g/mol. The van der Waals surface area contributed by atoms with E-state index in [9.17, 15) is 4.39 Å². The van der Waals surface area contributed by atoms with Gasteiger partial charge in [0.15, 0.2) is 0 Å². The van der Waals surface area contributed by atoms with Crippen molar-refractivity contribution < 1.29 is 9.13 Å². The molecule has 17 heavy (non-hydrogen) atoms. The van der Waals surface area contributed by atoms with Crippen LogP contribution in [0.2, 0.25) is 0 Å². The predicted molar refractivity (Wildman–Crippen MR) is 68.9 cm³/mol. The Labute approximate surface area is 103 Å². The van der Waals surface area contributed by atoms with E-state index < -0.39 is 0 Å². The van der Waals surface area contributed by atoms with Gasteiger partial charge >= 0.3 is 0 Å². The third-order valence-corrected chi connectivity index (χ3v) is 2.36. The van der Waals surface area contributed by atoms with Crippen LogP contribution in [0.25, 0.3) is 0 Å². The lowest BCUT2D eigenvalue weighted by Crippen LogP contribution is -2.37. The maximum atomic E-state index is 12.7. The first-order chi connectivity index (χ1) is 7.87. The Hall–Kier alpha value is -1.09. The monoisotopic (exact) mass is 239 g/mol. The third kappa shape index (κ3) is 6.27. The maximum absolute atomic E-state index is 12.7. The van der Waals surface area contributed by atoms with Gasteiger partial charge < -0.3 is 10.1 Å². The van der Waals surface area contributed by atoms with E-state index in [4.69, 9.17) is 4.74 Å². The minimum atomic E-state index is -0.237. The molecule has 0 aliphatic rings. The first kappa shape index (κ1) is 14.0. The molecule has 0 bridgehead atoms. The van der Waals surface area contributed by atoms with Crippen LogP contribution in [0.5, 0.6) is 5.75 Å². The second-order valence-corrected chi connectivity index (χ2v) is 5.35. The highest BCUT2D eigenvalue weighted by Crippen LogP contribution is 2.14. The van der Waals surface area contributed by atoms with Crippen LogP contribution < -0.4 is 10.1 Å². The highest BCUT2D eigenvalue weighted by atomic mass is 19.1. The normalized spacial score (nSPS) is 13.5. The second-order valence-electron chi connectivity index (χ2n) is 5.35. The van der Waals surface area contributed by atoms with E-state index in [-0.39, 0.29) is 17.5 Å². The smallest absolute Gasteiger partial charge is 0.123 e. The van der Waals surface area contributed by atoms with Crippen molar-refractivity contribution in [1.82, 2.24) is 5.32 Å². The summed E-state index contributed by atoms with van der Waals surface area (Å²) in [6.45, 7) is 9.34. The molecular weight excluding hydrogens is 217 g/mol. The standard InChI is InChI=1S/C14H22FNO/c1-11(9-10-16-14(2,3)4)17-13-7-5-12(15)6-8-13/h5-8,11,16H,9-10H2,1-4H3. The molecule has 96 valence electrons. The molecule has 1 rings (SSSR count). The minimum absolute atomic E-state index is 0.121. The van der Waals surface area contributed by atoms with Crippen LogP contribution in [-0.4, -0.2) is 18.2 Å². The summed E-state index contributed by atoms with van der Waals surface area (Å²) in [7, 11) is 0. The fourth-order valence-corrected chi connectivity index (χ4v) is 1.45. The van der Waals surface area contributed by atoms with Gasteiger partial charge in [0.05, 0.1) is 6.10 Å². The lowest BCUT2D eigenvalue weighted by molar-refractivity contribution is 0.205. The van der Waals surface area contributed by atoms with Crippen molar-refractivity contribution in [3.8, 4) is 5.75 Å². The summed E-state index contributed by atoms with van der Waals surface area (Å²) in [5.41, 5.74) is 0.135. The topological polar surface area (TPSA) is 21.3 Å². The predicted octanol–water partition coefficient (Wildman–Crippen LogP) is 3.37. The van der Waals surface area contributed by atoms with E-state index >= 15 is 0 Å². The Kier molecular flexibility index (Phi) is 4.94. The van der Waals surface area contributed by atoms with Gasteiger partial charge in [-0.3, -0.25) is 0 Å². The fourth-order valence-electron chi connectivity index (χ4n) is 1.45. The molecule has 1 aromatic rings. The summed E-state index contributed by atoms with van der Waals surface area (Å²) in [6.07, 6.45) is 1.05. The van der Waals surface area contributed by atoms with Gasteiger partial charge in [0.2, 0.25) is 0 Å². The zero-order valence-electron chi connectivity index (χ0n) is 11.1. The van der Waals surface area contributed by atoms with Gasteiger partial charge in [-0.15, -0.1) is 0 Å². The molecule has 0 spiro atoms. The van der Waals surface area contributed by atoms with E-state index in [0.717, 1.165) is 18.7 Å². The molecule has 0 radical (unpaired) electrons. The van der Waals surface area contributed by atoms with Gasteiger partial charge in [0.1, 0.15) is 11.6 Å². The molecule has 1 atom stereocenters. The van der Waals surface area contributed by atoms with Gasteiger partial charge in [-0.25, -0.2) is 4.39 Å². The number of rotatable bonds is 5. The van der Waals surface area contributed by atoms with Crippen LogP contribution in [0.3, 0.4) is 0 Å². The number of ether oxygens (including phenoxy) is 1. The van der Waals surface area contributed by atoms with Crippen LogP contribution >= 0.6 is 0 Å². The molecule has 3 heteroatoms. The van der Waals surface area contributed by atoms with E-state index in [1.807, 2.05) is 6.92 Å². The number of benzene rings is 1. The third-order valence-electron chi connectivity index (χ3n) is 2.36. The van der Waals surface area contributed by atoms with E-state index in [1.54, 1.807) is 12.1 Å². The van der Waals surface area contributed by atoms with Crippen molar-refractivity contribution in [2.45, 2.75) is 45.8 Å². The van der Waals surface area contributed by atoms with Crippen LogP contribution in [0.4, 0.5) is 4.39 Å². The van der Waals surface area contributed by atoms with Crippen LogP contribution in [0.15, 0.2) is 24.3 Å². The van der Waals surface area contributed by atoms with Gasteiger partial charge in [-0.2, -0.15) is 0 Å². The molecule has 0 heterocycles. The fraction of sp³-hybridized carbons (Fsp3) is 0.571. The molecule has 0 aromatic heterocycles. The summed E-state index contributed by atoms with van der Waals surface area (Å²) in [5.74, 6) is 0.481. The second kappa shape index (κ2) is 6.01. The Bertz CT molecular complexity index is 329. The highest BCUT2D eigenvalue weighted by molar-refractivity contribution is 5.22. The number of hydrogen-bond donors (Lipinski definition) is 1. The van der Waals surface area contributed by atoms with Crippen molar-refractivity contribution in [1.29, 1.82) is 0 Å². The quantitative estimate of drug-likeness (QED) is 0.850. The molecule has 1 unspecified atom stereocenters.